The molecule has 0 fully saturated rings. The molecule has 40 heavy (non-hydrogen) atoms. The molecule has 1 aliphatic rings. The summed E-state index contributed by atoms with van der Waals surface area (Å²) in [5.41, 5.74) is 9.65. The summed E-state index contributed by atoms with van der Waals surface area (Å²) < 4.78 is 0. The van der Waals surface area contributed by atoms with Crippen LogP contribution in [0, 0.1) is 13.8 Å². The summed E-state index contributed by atoms with van der Waals surface area (Å²) in [4.78, 5) is 33.6. The minimum Gasteiger partial charge on any atom is -0.322 e. The van der Waals surface area contributed by atoms with Gasteiger partial charge in [-0.15, -0.1) is 0 Å². The van der Waals surface area contributed by atoms with Crippen LogP contribution >= 0.6 is 0 Å². The molecule has 5 aromatic rings. The van der Waals surface area contributed by atoms with Gasteiger partial charge in [-0.3, -0.25) is 14.6 Å². The summed E-state index contributed by atoms with van der Waals surface area (Å²) in [6.07, 6.45) is 4.26. The lowest BCUT2D eigenvalue weighted by atomic mass is 9.99. The van der Waals surface area contributed by atoms with Crippen molar-refractivity contribution in [3.05, 3.63) is 148 Å². The standard InChI is InChI=1S/C35H29N3O2/c1-23-19-32(37-34(39)30-15-7-6-14-29(30)27-13-9-17-36-21-27)24(2)18-31(23)35(40)38-22-28-12-4-3-10-25(28)20-26-11-5-8-16-33(26)38/h3-19,21H,20,22H2,1-2H3,(H,37,39). The highest BCUT2D eigenvalue weighted by Gasteiger charge is 2.26. The fourth-order valence-corrected chi connectivity index (χ4v) is 5.42. The van der Waals surface area contributed by atoms with Gasteiger partial charge >= 0.3 is 0 Å². The number of benzene rings is 4. The lowest BCUT2D eigenvalue weighted by Gasteiger charge is -2.25. The minimum atomic E-state index is -0.209. The fraction of sp³-hybridized carbons (Fsp3) is 0.114. The Kier molecular flexibility index (Phi) is 6.71. The number of carbonyl (C=O) groups excluding carboxylic acids is 2. The van der Waals surface area contributed by atoms with Crippen LogP contribution in [-0.4, -0.2) is 16.8 Å². The van der Waals surface area contributed by atoms with Crippen LogP contribution in [0.3, 0.4) is 0 Å². The summed E-state index contributed by atoms with van der Waals surface area (Å²) in [5.74, 6) is -0.261. The minimum absolute atomic E-state index is 0.0513. The third-order valence-electron chi connectivity index (χ3n) is 7.55. The first kappa shape index (κ1) is 25.3. The summed E-state index contributed by atoms with van der Waals surface area (Å²) in [5, 5.41) is 3.08. The molecule has 0 saturated heterocycles. The maximum atomic E-state index is 14.1. The molecule has 0 saturated carbocycles. The number of hydrogen-bond acceptors (Lipinski definition) is 3. The molecule has 0 radical (unpaired) electrons. The molecule has 2 amide bonds. The van der Waals surface area contributed by atoms with E-state index >= 15 is 0 Å². The molecule has 0 spiro atoms. The molecule has 196 valence electrons. The van der Waals surface area contributed by atoms with Gasteiger partial charge in [0.05, 0.1) is 6.54 Å². The van der Waals surface area contributed by atoms with E-state index in [1.54, 1.807) is 12.4 Å². The predicted octanol–water partition coefficient (Wildman–Crippen LogP) is 7.37. The van der Waals surface area contributed by atoms with E-state index in [9.17, 15) is 9.59 Å². The van der Waals surface area contributed by atoms with Crippen molar-refractivity contribution in [2.75, 3.05) is 10.2 Å². The number of aromatic nitrogens is 1. The van der Waals surface area contributed by atoms with Crippen molar-refractivity contribution in [2.45, 2.75) is 26.8 Å². The van der Waals surface area contributed by atoms with Crippen molar-refractivity contribution in [1.29, 1.82) is 0 Å². The molecule has 5 nitrogen and oxygen atoms in total. The molecule has 1 N–H and O–H groups in total. The molecule has 0 aliphatic carbocycles. The van der Waals surface area contributed by atoms with Gasteiger partial charge in [0.1, 0.15) is 0 Å². The van der Waals surface area contributed by atoms with Crippen molar-refractivity contribution >= 4 is 23.2 Å². The largest absolute Gasteiger partial charge is 0.322 e. The second kappa shape index (κ2) is 10.6. The van der Waals surface area contributed by atoms with Gasteiger partial charge in [-0.1, -0.05) is 66.7 Å². The number of nitrogens with one attached hydrogen (secondary N) is 1. The van der Waals surface area contributed by atoms with Crippen molar-refractivity contribution in [1.82, 2.24) is 4.98 Å². The first-order valence-electron chi connectivity index (χ1n) is 13.4. The Morgan fingerprint density at radius 2 is 1.48 bits per heavy atom. The van der Waals surface area contributed by atoms with E-state index in [0.717, 1.165) is 45.5 Å². The summed E-state index contributed by atoms with van der Waals surface area (Å²) in [7, 11) is 0. The third-order valence-corrected chi connectivity index (χ3v) is 7.55. The monoisotopic (exact) mass is 523 g/mol. The lowest BCUT2D eigenvalue weighted by Crippen LogP contribution is -2.31. The van der Waals surface area contributed by atoms with Gasteiger partial charge in [-0.2, -0.15) is 0 Å². The first-order chi connectivity index (χ1) is 19.5. The zero-order chi connectivity index (χ0) is 27.6. The number of anilines is 2. The first-order valence-corrected chi connectivity index (χ1v) is 13.4. The zero-order valence-electron chi connectivity index (χ0n) is 22.5. The quantitative estimate of drug-likeness (QED) is 0.268. The molecule has 0 unspecified atom stereocenters. The van der Waals surface area contributed by atoms with Crippen LogP contribution in [0.4, 0.5) is 11.4 Å². The smallest absolute Gasteiger partial charge is 0.258 e. The summed E-state index contributed by atoms with van der Waals surface area (Å²) in [6.45, 7) is 4.35. The van der Waals surface area contributed by atoms with Crippen LogP contribution in [0.2, 0.25) is 0 Å². The average molecular weight is 524 g/mol. The Hall–Kier alpha value is -5.03. The predicted molar refractivity (Wildman–Crippen MR) is 160 cm³/mol. The van der Waals surface area contributed by atoms with Crippen LogP contribution in [0.15, 0.2) is 109 Å². The second-order valence-corrected chi connectivity index (χ2v) is 10.2. The highest BCUT2D eigenvalue weighted by atomic mass is 16.2. The number of fused-ring (bicyclic) bond motifs is 2. The maximum Gasteiger partial charge on any atom is 0.258 e. The summed E-state index contributed by atoms with van der Waals surface area (Å²) >= 11 is 0. The van der Waals surface area contributed by atoms with Gasteiger partial charge in [0.25, 0.3) is 11.8 Å². The number of pyridine rings is 1. The SMILES string of the molecule is Cc1cc(C(=O)N2Cc3ccccc3Cc3ccccc32)c(C)cc1NC(=O)c1ccccc1-c1cccnc1. The van der Waals surface area contributed by atoms with Gasteiger partial charge in [0.2, 0.25) is 0 Å². The number of hydrogen-bond donors (Lipinski definition) is 1. The number of rotatable bonds is 4. The molecule has 0 atom stereocenters. The van der Waals surface area contributed by atoms with Crippen molar-refractivity contribution in [2.24, 2.45) is 0 Å². The van der Waals surface area contributed by atoms with Crippen molar-refractivity contribution in [3.8, 4) is 11.1 Å². The van der Waals surface area contributed by atoms with Crippen LogP contribution < -0.4 is 10.2 Å². The van der Waals surface area contributed by atoms with E-state index in [1.165, 1.54) is 5.56 Å². The molecular formula is C35H29N3O2. The van der Waals surface area contributed by atoms with Gasteiger partial charge in [-0.25, -0.2) is 0 Å². The number of amides is 2. The van der Waals surface area contributed by atoms with Crippen molar-refractivity contribution in [3.63, 3.8) is 0 Å². The Morgan fingerprint density at radius 1 is 0.750 bits per heavy atom. The molecular weight excluding hydrogens is 494 g/mol. The Labute approximate surface area is 234 Å². The van der Waals surface area contributed by atoms with Crippen LogP contribution in [-0.2, 0) is 13.0 Å². The van der Waals surface area contributed by atoms with E-state index in [2.05, 4.69) is 34.6 Å². The molecule has 1 aliphatic heterocycles. The van der Waals surface area contributed by atoms with Crippen LogP contribution in [0.25, 0.3) is 11.1 Å². The maximum absolute atomic E-state index is 14.1. The second-order valence-electron chi connectivity index (χ2n) is 10.2. The molecule has 5 heteroatoms. The van der Waals surface area contributed by atoms with Crippen molar-refractivity contribution < 1.29 is 9.59 Å². The molecule has 4 aromatic carbocycles. The Balaban J connectivity index is 1.31. The van der Waals surface area contributed by atoms with Crippen LogP contribution in [0.1, 0.15) is 48.5 Å². The van der Waals surface area contributed by atoms with Gasteiger partial charge < -0.3 is 10.2 Å². The van der Waals surface area contributed by atoms with Gasteiger partial charge in [-0.05, 0) is 84.0 Å². The van der Waals surface area contributed by atoms with E-state index in [1.807, 2.05) is 91.5 Å². The Morgan fingerprint density at radius 3 is 2.27 bits per heavy atom. The lowest BCUT2D eigenvalue weighted by molar-refractivity contribution is 0.0983. The van der Waals surface area contributed by atoms with Gasteiger partial charge in [0.15, 0.2) is 0 Å². The normalized spacial score (nSPS) is 12.2. The highest BCUT2D eigenvalue weighted by molar-refractivity contribution is 6.10. The van der Waals surface area contributed by atoms with Crippen LogP contribution in [0.5, 0.6) is 0 Å². The van der Waals surface area contributed by atoms with E-state index in [-0.39, 0.29) is 11.8 Å². The molecule has 0 bridgehead atoms. The van der Waals surface area contributed by atoms with E-state index in [0.29, 0.717) is 23.4 Å². The fourth-order valence-electron chi connectivity index (χ4n) is 5.42. The third kappa shape index (κ3) is 4.78. The zero-order valence-corrected chi connectivity index (χ0v) is 22.5. The molecule has 1 aromatic heterocycles. The number of para-hydroxylation sites is 1. The Bertz CT molecular complexity index is 1740. The number of nitrogens with zero attached hydrogens (tertiary/aromatic N) is 2. The molecule has 2 heterocycles. The topological polar surface area (TPSA) is 62.3 Å². The van der Waals surface area contributed by atoms with Gasteiger partial charge in [0, 0.05) is 40.5 Å². The van der Waals surface area contributed by atoms with E-state index < -0.39 is 0 Å². The highest BCUT2D eigenvalue weighted by Crippen LogP contribution is 2.33. The average Bonchev–Trinajstić information content (AvgIpc) is 3.16. The summed E-state index contributed by atoms with van der Waals surface area (Å²) in [6, 6.07) is 31.5. The molecule has 6 rings (SSSR count). The number of carbonyl (C=O) groups is 2. The number of aryl methyl sites for hydroxylation is 2. The van der Waals surface area contributed by atoms with E-state index in [4.69, 9.17) is 0 Å².